The van der Waals surface area contributed by atoms with E-state index in [0.717, 1.165) is 33.5 Å². The van der Waals surface area contributed by atoms with Crippen LogP contribution in [0.5, 0.6) is 11.5 Å². The van der Waals surface area contributed by atoms with E-state index in [0.29, 0.717) is 13.0 Å². The zero-order valence-corrected chi connectivity index (χ0v) is 16.3. The van der Waals surface area contributed by atoms with E-state index in [1.807, 2.05) is 62.5 Å². The molecule has 0 atom stereocenters. The highest BCUT2D eigenvalue weighted by Crippen LogP contribution is 2.32. The van der Waals surface area contributed by atoms with Crippen molar-refractivity contribution in [2.45, 2.75) is 25.7 Å². The monoisotopic (exact) mass is 366 g/mol. The van der Waals surface area contributed by atoms with Gasteiger partial charge in [-0.05, 0) is 55.7 Å². The summed E-state index contributed by atoms with van der Waals surface area (Å²) in [6, 6.07) is 13.7. The van der Waals surface area contributed by atoms with Crippen LogP contribution in [0.2, 0.25) is 0 Å². The Morgan fingerprint density at radius 1 is 1.11 bits per heavy atom. The number of ether oxygens (including phenoxy) is 2. The summed E-state index contributed by atoms with van der Waals surface area (Å²) in [5.41, 5.74) is 2.34. The van der Waals surface area contributed by atoms with Crippen LogP contribution in [0.3, 0.4) is 0 Å². The third-order valence-corrected chi connectivity index (χ3v) is 5.00. The van der Waals surface area contributed by atoms with E-state index in [4.69, 9.17) is 9.47 Å². The Balaban J connectivity index is 1.74. The van der Waals surface area contributed by atoms with Crippen molar-refractivity contribution in [3.63, 3.8) is 0 Å². The van der Waals surface area contributed by atoms with Crippen LogP contribution in [0, 0.1) is 0 Å². The second-order valence-corrected chi connectivity index (χ2v) is 7.06. The van der Waals surface area contributed by atoms with Crippen molar-refractivity contribution >= 4 is 16.8 Å². The summed E-state index contributed by atoms with van der Waals surface area (Å²) in [5.74, 6) is 1.60. The number of methoxy groups -OCH3 is 2. The van der Waals surface area contributed by atoms with Crippen LogP contribution < -0.4 is 14.8 Å². The van der Waals surface area contributed by atoms with Gasteiger partial charge in [-0.3, -0.25) is 4.79 Å². The Bertz CT molecular complexity index is 944. The number of benzene rings is 2. The fourth-order valence-electron chi connectivity index (χ4n) is 3.31. The van der Waals surface area contributed by atoms with Crippen molar-refractivity contribution in [2.75, 3.05) is 20.8 Å². The Morgan fingerprint density at radius 2 is 1.89 bits per heavy atom. The number of H-pyrrole nitrogens is 1. The number of aromatic nitrogens is 1. The zero-order valence-electron chi connectivity index (χ0n) is 16.3. The molecule has 5 nitrogen and oxygen atoms in total. The van der Waals surface area contributed by atoms with Gasteiger partial charge in [0.25, 0.3) is 0 Å². The molecule has 2 N–H and O–H groups in total. The maximum atomic E-state index is 12.9. The molecule has 0 spiro atoms. The minimum absolute atomic E-state index is 0.0129. The lowest BCUT2D eigenvalue weighted by atomic mass is 9.83. The van der Waals surface area contributed by atoms with Gasteiger partial charge in [0.05, 0.1) is 19.6 Å². The van der Waals surface area contributed by atoms with E-state index < -0.39 is 5.41 Å². The highest BCUT2D eigenvalue weighted by atomic mass is 16.5. The van der Waals surface area contributed by atoms with E-state index in [2.05, 4.69) is 10.3 Å². The molecule has 5 heteroatoms. The van der Waals surface area contributed by atoms with Crippen LogP contribution in [0.15, 0.2) is 48.7 Å². The fraction of sp³-hybridized carbons (Fsp3) is 0.318. The summed E-state index contributed by atoms with van der Waals surface area (Å²) in [5, 5.41) is 4.06. The Hall–Kier alpha value is -2.95. The standard InChI is InChI=1S/C22H26N2O3/c1-22(2,18-14-24-19-10-9-16(26-3)13-17(18)19)21(25)23-12-11-15-7-5-6-8-20(15)27-4/h5-10,13-14,24H,11-12H2,1-4H3,(H,23,25). The molecule has 0 bridgehead atoms. The molecule has 0 saturated carbocycles. The molecular weight excluding hydrogens is 340 g/mol. The SMILES string of the molecule is COc1ccc2[nH]cc(C(C)(C)C(=O)NCCc3ccccc3OC)c2c1. The zero-order chi connectivity index (χ0) is 19.4. The summed E-state index contributed by atoms with van der Waals surface area (Å²) >= 11 is 0. The highest BCUT2D eigenvalue weighted by Gasteiger charge is 2.32. The fourth-order valence-corrected chi connectivity index (χ4v) is 3.31. The van der Waals surface area contributed by atoms with E-state index in [9.17, 15) is 4.79 Å². The number of rotatable bonds is 7. The van der Waals surface area contributed by atoms with Crippen LogP contribution in [0.1, 0.15) is 25.0 Å². The van der Waals surface area contributed by atoms with E-state index in [1.54, 1.807) is 14.2 Å². The van der Waals surface area contributed by atoms with Crippen molar-refractivity contribution < 1.29 is 14.3 Å². The van der Waals surface area contributed by atoms with Gasteiger partial charge in [-0.15, -0.1) is 0 Å². The number of aromatic amines is 1. The summed E-state index contributed by atoms with van der Waals surface area (Å²) < 4.78 is 10.7. The maximum absolute atomic E-state index is 12.9. The lowest BCUT2D eigenvalue weighted by Crippen LogP contribution is -2.40. The molecule has 0 aliphatic heterocycles. The third kappa shape index (κ3) is 3.77. The molecule has 1 aromatic heterocycles. The van der Waals surface area contributed by atoms with Gasteiger partial charge in [0.15, 0.2) is 0 Å². The number of nitrogens with one attached hydrogen (secondary N) is 2. The van der Waals surface area contributed by atoms with Crippen LogP contribution >= 0.6 is 0 Å². The summed E-state index contributed by atoms with van der Waals surface area (Å²) in [6.45, 7) is 4.43. The molecule has 1 amide bonds. The Kier molecular flexibility index (Phi) is 5.40. The quantitative estimate of drug-likeness (QED) is 0.668. The predicted octanol–water partition coefficient (Wildman–Crippen LogP) is 3.82. The third-order valence-electron chi connectivity index (χ3n) is 5.00. The smallest absolute Gasteiger partial charge is 0.230 e. The first-order valence-electron chi connectivity index (χ1n) is 9.03. The topological polar surface area (TPSA) is 63.4 Å². The number of hydrogen-bond donors (Lipinski definition) is 2. The van der Waals surface area contributed by atoms with Gasteiger partial charge in [-0.1, -0.05) is 18.2 Å². The summed E-state index contributed by atoms with van der Waals surface area (Å²) in [6.07, 6.45) is 2.62. The average molecular weight is 366 g/mol. The van der Waals surface area contributed by atoms with E-state index >= 15 is 0 Å². The molecular formula is C22H26N2O3. The molecule has 0 aliphatic carbocycles. The van der Waals surface area contributed by atoms with Gasteiger partial charge >= 0.3 is 0 Å². The molecule has 27 heavy (non-hydrogen) atoms. The minimum atomic E-state index is -0.675. The molecule has 1 heterocycles. The van der Waals surface area contributed by atoms with Crippen LogP contribution in [-0.4, -0.2) is 31.7 Å². The number of fused-ring (bicyclic) bond motifs is 1. The van der Waals surface area contributed by atoms with Crippen LogP contribution in [-0.2, 0) is 16.6 Å². The molecule has 3 rings (SSSR count). The lowest BCUT2D eigenvalue weighted by Gasteiger charge is -2.23. The first-order valence-corrected chi connectivity index (χ1v) is 9.03. The largest absolute Gasteiger partial charge is 0.497 e. The second-order valence-electron chi connectivity index (χ2n) is 7.06. The molecule has 0 unspecified atom stereocenters. The summed E-state index contributed by atoms with van der Waals surface area (Å²) in [7, 11) is 3.30. The maximum Gasteiger partial charge on any atom is 0.230 e. The number of amides is 1. The molecule has 0 fully saturated rings. The van der Waals surface area contributed by atoms with E-state index in [1.165, 1.54) is 0 Å². The minimum Gasteiger partial charge on any atom is -0.497 e. The van der Waals surface area contributed by atoms with Crippen molar-refractivity contribution in [1.82, 2.24) is 10.3 Å². The van der Waals surface area contributed by atoms with Gasteiger partial charge in [-0.25, -0.2) is 0 Å². The number of carbonyl (C=O) groups excluding carboxylic acids is 1. The van der Waals surface area contributed by atoms with Crippen molar-refractivity contribution in [3.8, 4) is 11.5 Å². The normalized spacial score (nSPS) is 11.4. The first-order chi connectivity index (χ1) is 13.0. The molecule has 142 valence electrons. The molecule has 0 aliphatic rings. The Morgan fingerprint density at radius 3 is 2.63 bits per heavy atom. The predicted molar refractivity (Wildman–Crippen MR) is 108 cm³/mol. The van der Waals surface area contributed by atoms with Gasteiger partial charge in [0, 0.05) is 23.6 Å². The second kappa shape index (κ2) is 7.74. The number of hydrogen-bond acceptors (Lipinski definition) is 3. The summed E-state index contributed by atoms with van der Waals surface area (Å²) in [4.78, 5) is 16.2. The van der Waals surface area contributed by atoms with Crippen molar-refractivity contribution in [3.05, 3.63) is 59.8 Å². The van der Waals surface area contributed by atoms with Gasteiger partial charge in [0.1, 0.15) is 11.5 Å². The number of carbonyl (C=O) groups is 1. The van der Waals surface area contributed by atoms with E-state index in [-0.39, 0.29) is 5.91 Å². The first kappa shape index (κ1) is 18.8. The number of para-hydroxylation sites is 1. The molecule has 3 aromatic rings. The van der Waals surface area contributed by atoms with Crippen LogP contribution in [0.4, 0.5) is 0 Å². The average Bonchev–Trinajstić information content (AvgIpc) is 3.12. The van der Waals surface area contributed by atoms with Crippen LogP contribution in [0.25, 0.3) is 10.9 Å². The Labute approximate surface area is 159 Å². The van der Waals surface area contributed by atoms with Gasteiger partial charge < -0.3 is 19.8 Å². The van der Waals surface area contributed by atoms with Gasteiger partial charge in [0.2, 0.25) is 5.91 Å². The molecule has 2 aromatic carbocycles. The lowest BCUT2D eigenvalue weighted by molar-refractivity contribution is -0.125. The molecule has 0 saturated heterocycles. The highest BCUT2D eigenvalue weighted by molar-refractivity contribution is 5.95. The van der Waals surface area contributed by atoms with Crippen molar-refractivity contribution in [1.29, 1.82) is 0 Å². The van der Waals surface area contributed by atoms with Gasteiger partial charge in [-0.2, -0.15) is 0 Å². The van der Waals surface area contributed by atoms with Crippen molar-refractivity contribution in [2.24, 2.45) is 0 Å². The molecule has 0 radical (unpaired) electrons.